The van der Waals surface area contributed by atoms with E-state index in [1.165, 1.54) is 0 Å². The van der Waals surface area contributed by atoms with Crippen LogP contribution in [0.3, 0.4) is 0 Å². The number of rotatable bonds is 2. The molecule has 1 fully saturated rings. The molecule has 1 aliphatic carbocycles. The van der Waals surface area contributed by atoms with E-state index in [0.717, 1.165) is 39.3 Å². The lowest BCUT2D eigenvalue weighted by Crippen LogP contribution is -2.39. The van der Waals surface area contributed by atoms with E-state index >= 15 is 0 Å². The SMILES string of the molecule is NC1C=CC(CN2CCOCC2)C1. The lowest BCUT2D eigenvalue weighted by Gasteiger charge is -2.28. The molecule has 0 amide bonds. The minimum Gasteiger partial charge on any atom is -0.379 e. The molecule has 0 spiro atoms. The highest BCUT2D eigenvalue weighted by Crippen LogP contribution is 2.17. The van der Waals surface area contributed by atoms with Crippen molar-refractivity contribution in [1.29, 1.82) is 0 Å². The Morgan fingerprint density at radius 3 is 2.69 bits per heavy atom. The third-order valence-electron chi connectivity index (χ3n) is 2.80. The summed E-state index contributed by atoms with van der Waals surface area (Å²) in [6, 6.07) is 0.297. The molecule has 0 radical (unpaired) electrons. The van der Waals surface area contributed by atoms with Gasteiger partial charge in [-0.2, -0.15) is 0 Å². The van der Waals surface area contributed by atoms with Crippen molar-refractivity contribution in [3.63, 3.8) is 0 Å². The van der Waals surface area contributed by atoms with Crippen molar-refractivity contribution in [2.24, 2.45) is 11.7 Å². The first kappa shape index (κ1) is 9.19. The molecule has 3 nitrogen and oxygen atoms in total. The molecule has 1 saturated heterocycles. The molecule has 0 bridgehead atoms. The molecule has 0 aromatic rings. The third-order valence-corrected chi connectivity index (χ3v) is 2.80. The highest BCUT2D eigenvalue weighted by atomic mass is 16.5. The molecule has 0 aromatic carbocycles. The van der Waals surface area contributed by atoms with Crippen LogP contribution in [-0.2, 0) is 4.74 Å². The van der Waals surface area contributed by atoms with Gasteiger partial charge in [0.15, 0.2) is 0 Å². The van der Waals surface area contributed by atoms with E-state index in [1.54, 1.807) is 0 Å². The first-order valence-electron chi connectivity index (χ1n) is 5.08. The van der Waals surface area contributed by atoms with Crippen molar-refractivity contribution in [3.8, 4) is 0 Å². The van der Waals surface area contributed by atoms with Crippen molar-refractivity contribution in [3.05, 3.63) is 12.2 Å². The molecule has 2 N–H and O–H groups in total. The van der Waals surface area contributed by atoms with E-state index in [9.17, 15) is 0 Å². The number of hydrogen-bond acceptors (Lipinski definition) is 3. The fourth-order valence-electron chi connectivity index (χ4n) is 2.06. The molecular formula is C10H18N2O. The van der Waals surface area contributed by atoms with E-state index in [0.29, 0.717) is 12.0 Å². The Morgan fingerprint density at radius 2 is 2.08 bits per heavy atom. The number of morpholine rings is 1. The Kier molecular flexibility index (Phi) is 2.98. The van der Waals surface area contributed by atoms with Crippen LogP contribution in [0, 0.1) is 5.92 Å². The fourth-order valence-corrected chi connectivity index (χ4v) is 2.06. The number of hydrogen-bond donors (Lipinski definition) is 1. The van der Waals surface area contributed by atoms with Gasteiger partial charge in [0.05, 0.1) is 13.2 Å². The normalized spacial score (nSPS) is 35.5. The summed E-state index contributed by atoms with van der Waals surface area (Å²) in [5.41, 5.74) is 5.80. The van der Waals surface area contributed by atoms with Crippen molar-refractivity contribution in [2.75, 3.05) is 32.8 Å². The number of nitrogens with two attached hydrogens (primary N) is 1. The summed E-state index contributed by atoms with van der Waals surface area (Å²) in [6.45, 7) is 5.11. The van der Waals surface area contributed by atoms with Crippen LogP contribution in [0.15, 0.2) is 12.2 Å². The Bertz CT molecular complexity index is 187. The van der Waals surface area contributed by atoms with Gasteiger partial charge >= 0.3 is 0 Å². The maximum absolute atomic E-state index is 5.80. The Hall–Kier alpha value is -0.380. The zero-order valence-electron chi connectivity index (χ0n) is 7.98. The van der Waals surface area contributed by atoms with Crippen molar-refractivity contribution in [1.82, 2.24) is 4.90 Å². The zero-order valence-corrected chi connectivity index (χ0v) is 7.98. The standard InChI is InChI=1S/C10H18N2O/c11-10-2-1-9(7-10)8-12-3-5-13-6-4-12/h1-2,9-10H,3-8,11H2. The molecule has 2 aliphatic rings. The zero-order chi connectivity index (χ0) is 9.10. The van der Waals surface area contributed by atoms with Gasteiger partial charge in [-0.15, -0.1) is 0 Å². The van der Waals surface area contributed by atoms with E-state index in [2.05, 4.69) is 17.1 Å². The second-order valence-electron chi connectivity index (χ2n) is 3.96. The Balaban J connectivity index is 1.74. The van der Waals surface area contributed by atoms with Gasteiger partial charge in [0.2, 0.25) is 0 Å². The second kappa shape index (κ2) is 4.22. The van der Waals surface area contributed by atoms with Crippen molar-refractivity contribution >= 4 is 0 Å². The minimum atomic E-state index is 0.297. The molecule has 74 valence electrons. The predicted octanol–water partition coefficient (Wildman–Crippen LogP) is 0.222. The summed E-state index contributed by atoms with van der Waals surface area (Å²) in [5.74, 6) is 0.674. The molecular weight excluding hydrogens is 164 g/mol. The molecule has 13 heavy (non-hydrogen) atoms. The molecule has 2 rings (SSSR count). The number of nitrogens with zero attached hydrogens (tertiary/aromatic N) is 1. The number of ether oxygens (including phenoxy) is 1. The van der Waals surface area contributed by atoms with E-state index in [4.69, 9.17) is 10.5 Å². The average molecular weight is 182 g/mol. The molecule has 0 aromatic heterocycles. The minimum absolute atomic E-state index is 0.297. The summed E-state index contributed by atoms with van der Waals surface area (Å²) in [4.78, 5) is 2.47. The first-order valence-corrected chi connectivity index (χ1v) is 5.08. The molecule has 1 aliphatic heterocycles. The van der Waals surface area contributed by atoms with Crippen LogP contribution in [-0.4, -0.2) is 43.8 Å². The van der Waals surface area contributed by atoms with Crippen LogP contribution in [0.2, 0.25) is 0 Å². The lowest BCUT2D eigenvalue weighted by molar-refractivity contribution is 0.0333. The Morgan fingerprint density at radius 1 is 1.31 bits per heavy atom. The fraction of sp³-hybridized carbons (Fsp3) is 0.800. The summed E-state index contributed by atoms with van der Waals surface area (Å²) in [5, 5.41) is 0. The van der Waals surface area contributed by atoms with Gasteiger partial charge in [-0.25, -0.2) is 0 Å². The Labute approximate surface area is 79.5 Å². The summed E-state index contributed by atoms with van der Waals surface area (Å²) in [6.07, 6.45) is 5.52. The van der Waals surface area contributed by atoms with Gasteiger partial charge in [-0.3, -0.25) is 4.90 Å². The smallest absolute Gasteiger partial charge is 0.0594 e. The summed E-state index contributed by atoms with van der Waals surface area (Å²) < 4.78 is 5.30. The van der Waals surface area contributed by atoms with E-state index in [1.807, 2.05) is 0 Å². The van der Waals surface area contributed by atoms with E-state index < -0.39 is 0 Å². The van der Waals surface area contributed by atoms with Crippen molar-refractivity contribution < 1.29 is 4.74 Å². The van der Waals surface area contributed by atoms with Gasteiger partial charge in [0.25, 0.3) is 0 Å². The quantitative estimate of drug-likeness (QED) is 0.621. The van der Waals surface area contributed by atoms with Crippen LogP contribution in [0.1, 0.15) is 6.42 Å². The molecule has 2 atom stereocenters. The average Bonchev–Trinajstić information content (AvgIpc) is 2.53. The monoisotopic (exact) mass is 182 g/mol. The molecule has 0 saturated carbocycles. The van der Waals surface area contributed by atoms with Crippen LogP contribution in [0.25, 0.3) is 0 Å². The van der Waals surface area contributed by atoms with Gasteiger partial charge in [-0.1, -0.05) is 12.2 Å². The highest BCUT2D eigenvalue weighted by Gasteiger charge is 2.19. The van der Waals surface area contributed by atoms with Crippen LogP contribution >= 0.6 is 0 Å². The first-order chi connectivity index (χ1) is 6.34. The highest BCUT2D eigenvalue weighted by molar-refractivity contribution is 5.05. The van der Waals surface area contributed by atoms with E-state index in [-0.39, 0.29) is 0 Å². The van der Waals surface area contributed by atoms with Gasteiger partial charge in [0, 0.05) is 25.7 Å². The predicted molar refractivity (Wildman–Crippen MR) is 52.5 cm³/mol. The second-order valence-corrected chi connectivity index (χ2v) is 3.96. The summed E-state index contributed by atoms with van der Waals surface area (Å²) in [7, 11) is 0. The van der Waals surface area contributed by atoms with Crippen LogP contribution < -0.4 is 5.73 Å². The van der Waals surface area contributed by atoms with Crippen LogP contribution in [0.5, 0.6) is 0 Å². The van der Waals surface area contributed by atoms with Gasteiger partial charge < -0.3 is 10.5 Å². The maximum Gasteiger partial charge on any atom is 0.0594 e. The van der Waals surface area contributed by atoms with Crippen LogP contribution in [0.4, 0.5) is 0 Å². The van der Waals surface area contributed by atoms with Gasteiger partial charge in [0.1, 0.15) is 0 Å². The van der Waals surface area contributed by atoms with Crippen molar-refractivity contribution in [2.45, 2.75) is 12.5 Å². The summed E-state index contributed by atoms with van der Waals surface area (Å²) >= 11 is 0. The molecule has 1 heterocycles. The van der Waals surface area contributed by atoms with Gasteiger partial charge in [-0.05, 0) is 12.3 Å². The molecule has 2 unspecified atom stereocenters. The molecule has 3 heteroatoms. The largest absolute Gasteiger partial charge is 0.379 e. The topological polar surface area (TPSA) is 38.5 Å². The third kappa shape index (κ3) is 2.53. The maximum atomic E-state index is 5.80. The lowest BCUT2D eigenvalue weighted by atomic mass is 10.1.